The molecular formula is C24H25NO5. The van der Waals surface area contributed by atoms with E-state index in [0.717, 1.165) is 41.9 Å². The maximum Gasteiger partial charge on any atom is 0.337 e. The van der Waals surface area contributed by atoms with E-state index in [1.54, 1.807) is 31.4 Å². The molecular weight excluding hydrogens is 382 g/mol. The van der Waals surface area contributed by atoms with Crippen molar-refractivity contribution >= 4 is 23.6 Å². The van der Waals surface area contributed by atoms with Crippen LogP contribution in [0.2, 0.25) is 0 Å². The molecule has 0 bridgehead atoms. The Morgan fingerprint density at radius 1 is 1.07 bits per heavy atom. The molecule has 0 saturated heterocycles. The van der Waals surface area contributed by atoms with E-state index in [2.05, 4.69) is 10.1 Å². The summed E-state index contributed by atoms with van der Waals surface area (Å²) < 4.78 is 16.5. The molecule has 1 saturated carbocycles. The molecule has 2 aromatic rings. The first-order chi connectivity index (χ1) is 14.5. The van der Waals surface area contributed by atoms with E-state index in [9.17, 15) is 9.59 Å². The summed E-state index contributed by atoms with van der Waals surface area (Å²) in [4.78, 5) is 23.9. The predicted octanol–water partition coefficient (Wildman–Crippen LogP) is 4.38. The van der Waals surface area contributed by atoms with Gasteiger partial charge in [0.05, 0.1) is 19.8 Å². The van der Waals surface area contributed by atoms with Gasteiger partial charge in [-0.05, 0) is 67.7 Å². The number of rotatable bonds is 5. The molecule has 4 rings (SSSR count). The molecule has 6 nitrogen and oxygen atoms in total. The van der Waals surface area contributed by atoms with Crippen LogP contribution in [-0.4, -0.2) is 31.7 Å². The van der Waals surface area contributed by atoms with Crippen LogP contribution in [0, 0.1) is 0 Å². The van der Waals surface area contributed by atoms with Crippen molar-refractivity contribution in [3.63, 3.8) is 0 Å². The smallest absolute Gasteiger partial charge is 0.337 e. The maximum absolute atomic E-state index is 12.4. The molecule has 1 heterocycles. The van der Waals surface area contributed by atoms with Gasteiger partial charge in [0.15, 0.2) is 11.5 Å². The molecule has 30 heavy (non-hydrogen) atoms. The lowest BCUT2D eigenvalue weighted by Gasteiger charge is -2.22. The molecule has 2 aromatic carbocycles. The third-order valence-corrected chi connectivity index (χ3v) is 5.80. The summed E-state index contributed by atoms with van der Waals surface area (Å²) in [5.74, 6) is 0.879. The molecule has 2 aliphatic rings. The fourth-order valence-electron chi connectivity index (χ4n) is 4.26. The summed E-state index contributed by atoms with van der Waals surface area (Å²) in [6.45, 7) is 0. The van der Waals surface area contributed by atoms with Gasteiger partial charge in [-0.2, -0.15) is 0 Å². The number of anilines is 1. The summed E-state index contributed by atoms with van der Waals surface area (Å²) in [6.07, 6.45) is 8.63. The van der Waals surface area contributed by atoms with Crippen LogP contribution in [0.4, 0.5) is 5.69 Å². The summed E-state index contributed by atoms with van der Waals surface area (Å²) in [7, 11) is 2.98. The van der Waals surface area contributed by atoms with Crippen molar-refractivity contribution in [2.45, 2.75) is 37.7 Å². The van der Waals surface area contributed by atoms with Gasteiger partial charge in [-0.3, -0.25) is 4.79 Å². The highest BCUT2D eigenvalue weighted by Crippen LogP contribution is 2.49. The van der Waals surface area contributed by atoms with Crippen molar-refractivity contribution in [2.24, 2.45) is 0 Å². The van der Waals surface area contributed by atoms with Crippen molar-refractivity contribution in [1.29, 1.82) is 0 Å². The van der Waals surface area contributed by atoms with Gasteiger partial charge in [0.2, 0.25) is 5.91 Å². The number of carbonyl (C=O) groups excluding carboxylic acids is 2. The number of hydrogen-bond acceptors (Lipinski definition) is 5. The van der Waals surface area contributed by atoms with Crippen molar-refractivity contribution in [3.05, 3.63) is 59.2 Å². The van der Waals surface area contributed by atoms with E-state index in [4.69, 9.17) is 9.47 Å². The number of esters is 1. The van der Waals surface area contributed by atoms with Gasteiger partial charge in [-0.15, -0.1) is 0 Å². The number of hydrogen-bond donors (Lipinski definition) is 1. The summed E-state index contributed by atoms with van der Waals surface area (Å²) in [5.41, 5.74) is 2.98. The number of methoxy groups -OCH3 is 2. The first-order valence-corrected chi connectivity index (χ1v) is 10.1. The zero-order valence-electron chi connectivity index (χ0n) is 17.2. The van der Waals surface area contributed by atoms with E-state index in [1.165, 1.54) is 26.0 Å². The van der Waals surface area contributed by atoms with Crippen LogP contribution < -0.4 is 14.8 Å². The summed E-state index contributed by atoms with van der Waals surface area (Å²) in [6, 6.07) is 10.4. The molecule has 0 unspecified atom stereocenters. The molecule has 6 heteroatoms. The first-order valence-electron chi connectivity index (χ1n) is 10.1. The van der Waals surface area contributed by atoms with E-state index in [0.29, 0.717) is 11.3 Å². The number of ether oxygens (including phenoxy) is 3. The highest BCUT2D eigenvalue weighted by molar-refractivity contribution is 6.02. The van der Waals surface area contributed by atoms with Crippen LogP contribution in [-0.2, 0) is 16.0 Å². The molecule has 1 fully saturated rings. The Morgan fingerprint density at radius 2 is 1.80 bits per heavy atom. The molecule has 0 aromatic heterocycles. The largest absolute Gasteiger partial charge is 0.493 e. The molecule has 0 radical (unpaired) electrons. The lowest BCUT2D eigenvalue weighted by molar-refractivity contribution is -0.111. The third kappa shape index (κ3) is 3.90. The van der Waals surface area contributed by atoms with E-state index in [1.807, 2.05) is 18.2 Å². The average molecular weight is 407 g/mol. The van der Waals surface area contributed by atoms with Crippen molar-refractivity contribution in [1.82, 2.24) is 0 Å². The van der Waals surface area contributed by atoms with Gasteiger partial charge in [0.1, 0.15) is 5.60 Å². The van der Waals surface area contributed by atoms with Crippen LogP contribution in [0.1, 0.15) is 47.2 Å². The van der Waals surface area contributed by atoms with Crippen LogP contribution in [0.5, 0.6) is 11.5 Å². The van der Waals surface area contributed by atoms with Crippen LogP contribution in [0.3, 0.4) is 0 Å². The molecule has 156 valence electrons. The third-order valence-electron chi connectivity index (χ3n) is 5.80. The Balaban J connectivity index is 1.49. The number of amides is 1. The molecule has 1 spiro atoms. The van der Waals surface area contributed by atoms with Gasteiger partial charge in [-0.1, -0.05) is 6.07 Å². The van der Waals surface area contributed by atoms with E-state index in [-0.39, 0.29) is 11.5 Å². The quantitative estimate of drug-likeness (QED) is 0.588. The second-order valence-electron chi connectivity index (χ2n) is 7.73. The van der Waals surface area contributed by atoms with Gasteiger partial charge in [0, 0.05) is 23.7 Å². The van der Waals surface area contributed by atoms with E-state index < -0.39 is 5.97 Å². The molecule has 1 aliphatic heterocycles. The van der Waals surface area contributed by atoms with Crippen molar-refractivity contribution in [3.8, 4) is 11.5 Å². The number of fused-ring (bicyclic) bond motifs is 1. The summed E-state index contributed by atoms with van der Waals surface area (Å²) in [5, 5.41) is 2.80. The highest BCUT2D eigenvalue weighted by Gasteiger charge is 2.43. The predicted molar refractivity (Wildman–Crippen MR) is 114 cm³/mol. The first kappa shape index (κ1) is 20.0. The fraction of sp³-hybridized carbons (Fsp3) is 0.333. The minimum Gasteiger partial charge on any atom is -0.493 e. The molecule has 1 amide bonds. The maximum atomic E-state index is 12.4. The van der Waals surface area contributed by atoms with Gasteiger partial charge in [0.25, 0.3) is 0 Å². The van der Waals surface area contributed by atoms with Crippen molar-refractivity contribution < 1.29 is 23.8 Å². The fourth-order valence-corrected chi connectivity index (χ4v) is 4.26. The van der Waals surface area contributed by atoms with E-state index >= 15 is 0 Å². The van der Waals surface area contributed by atoms with Crippen LogP contribution >= 0.6 is 0 Å². The zero-order valence-corrected chi connectivity index (χ0v) is 17.2. The number of carbonyl (C=O) groups is 2. The Bertz CT molecular complexity index is 987. The topological polar surface area (TPSA) is 73.9 Å². The average Bonchev–Trinajstić information content (AvgIpc) is 3.38. The minimum atomic E-state index is -0.414. The zero-order chi connectivity index (χ0) is 21.1. The Labute approximate surface area is 175 Å². The Hall–Kier alpha value is -3.28. The number of nitrogens with one attached hydrogen (secondary N) is 1. The molecule has 1 aliphatic carbocycles. The molecule has 1 N–H and O–H groups in total. The normalized spacial score (nSPS) is 16.3. The number of benzene rings is 2. The lowest BCUT2D eigenvalue weighted by Crippen LogP contribution is -2.30. The lowest BCUT2D eigenvalue weighted by atomic mass is 9.92. The second-order valence-corrected chi connectivity index (χ2v) is 7.73. The Morgan fingerprint density at radius 3 is 2.47 bits per heavy atom. The van der Waals surface area contributed by atoms with Crippen LogP contribution in [0.25, 0.3) is 6.08 Å². The van der Waals surface area contributed by atoms with Crippen molar-refractivity contribution in [2.75, 3.05) is 19.5 Å². The van der Waals surface area contributed by atoms with Gasteiger partial charge >= 0.3 is 5.97 Å². The van der Waals surface area contributed by atoms with Gasteiger partial charge < -0.3 is 19.5 Å². The highest BCUT2D eigenvalue weighted by atomic mass is 16.5. The Kier molecular flexibility index (Phi) is 5.48. The minimum absolute atomic E-state index is 0.122. The second kappa shape index (κ2) is 8.22. The van der Waals surface area contributed by atoms with Gasteiger partial charge in [-0.25, -0.2) is 4.79 Å². The summed E-state index contributed by atoms with van der Waals surface area (Å²) >= 11 is 0. The standard InChI is InChI=1S/C24H25NO5/c1-28-20-11-7-16(19-15-24(30-22(19)20)13-3-4-14-24)8-12-21(26)25-18-9-5-17(6-10-18)23(27)29-2/h5-12H,3-4,13-15H2,1-2H3,(H,25,26)/b12-8+. The monoisotopic (exact) mass is 407 g/mol. The van der Waals surface area contributed by atoms with Crippen LogP contribution in [0.15, 0.2) is 42.5 Å². The SMILES string of the molecule is COC(=O)c1ccc(NC(=O)/C=C/c2ccc(OC)c3c2CC2(CCCC2)O3)cc1. The molecule has 0 atom stereocenters.